The summed E-state index contributed by atoms with van der Waals surface area (Å²) in [5.41, 5.74) is 0.894. The van der Waals surface area contributed by atoms with E-state index in [2.05, 4.69) is 5.32 Å². The van der Waals surface area contributed by atoms with Gasteiger partial charge in [0.2, 0.25) is 10.0 Å². The number of amides is 1. The minimum absolute atomic E-state index is 0.0455. The van der Waals surface area contributed by atoms with E-state index in [-0.39, 0.29) is 15.5 Å². The van der Waals surface area contributed by atoms with Crippen molar-refractivity contribution in [3.8, 4) is 0 Å². The van der Waals surface area contributed by atoms with E-state index in [0.717, 1.165) is 38.5 Å². The molecule has 9 heteroatoms. The highest BCUT2D eigenvalue weighted by atomic mass is 35.5. The van der Waals surface area contributed by atoms with Gasteiger partial charge in [-0.2, -0.15) is 4.31 Å². The lowest BCUT2D eigenvalue weighted by Gasteiger charge is -2.20. The summed E-state index contributed by atoms with van der Waals surface area (Å²) in [6.07, 6.45) is 5.39. The molecule has 0 spiro atoms. The molecule has 33 heavy (non-hydrogen) atoms. The van der Waals surface area contributed by atoms with Crippen LogP contribution in [-0.2, 0) is 14.8 Å². The molecule has 0 aliphatic carbocycles. The van der Waals surface area contributed by atoms with Crippen LogP contribution in [0.25, 0.3) is 0 Å². The third-order valence-electron chi connectivity index (χ3n) is 5.49. The molecular formula is C24H29ClN2O5S. The summed E-state index contributed by atoms with van der Waals surface area (Å²) in [5, 5.41) is 2.85. The van der Waals surface area contributed by atoms with E-state index < -0.39 is 21.9 Å². The maximum atomic E-state index is 13.1. The lowest BCUT2D eigenvalue weighted by Crippen LogP contribution is -2.32. The molecule has 2 aromatic rings. The van der Waals surface area contributed by atoms with Gasteiger partial charge in [0, 0.05) is 18.8 Å². The summed E-state index contributed by atoms with van der Waals surface area (Å²) < 4.78 is 32.8. The lowest BCUT2D eigenvalue weighted by atomic mass is 10.2. The molecule has 0 aromatic heterocycles. The number of halogens is 1. The maximum Gasteiger partial charge on any atom is 0.338 e. The van der Waals surface area contributed by atoms with Crippen LogP contribution in [0.2, 0.25) is 5.02 Å². The van der Waals surface area contributed by atoms with Gasteiger partial charge in [-0.05, 0) is 61.7 Å². The van der Waals surface area contributed by atoms with Crippen LogP contribution in [0.1, 0.15) is 66.2 Å². The van der Waals surface area contributed by atoms with Gasteiger partial charge in [-0.25, -0.2) is 13.2 Å². The van der Waals surface area contributed by atoms with E-state index in [1.165, 1.54) is 22.5 Å². The van der Waals surface area contributed by atoms with Crippen molar-refractivity contribution in [2.45, 2.75) is 50.3 Å². The Labute approximate surface area is 200 Å². The van der Waals surface area contributed by atoms with Crippen LogP contribution in [0, 0.1) is 0 Å². The summed E-state index contributed by atoms with van der Waals surface area (Å²) in [5.74, 6) is -0.956. The second-order valence-electron chi connectivity index (χ2n) is 7.98. The van der Waals surface area contributed by atoms with Crippen molar-refractivity contribution in [3.63, 3.8) is 0 Å². The molecule has 3 rings (SSSR count). The van der Waals surface area contributed by atoms with E-state index >= 15 is 0 Å². The zero-order valence-electron chi connectivity index (χ0n) is 18.7. The fraction of sp³-hybridized carbons (Fsp3) is 0.417. The second kappa shape index (κ2) is 11.6. The Morgan fingerprint density at radius 2 is 1.70 bits per heavy atom. The minimum atomic E-state index is -3.71. The molecule has 7 nitrogen and oxygen atoms in total. The molecule has 1 amide bonds. The molecule has 0 radical (unpaired) electrons. The van der Waals surface area contributed by atoms with Gasteiger partial charge in [0.1, 0.15) is 0 Å². The number of anilines is 1. The van der Waals surface area contributed by atoms with Crippen LogP contribution in [0.15, 0.2) is 47.4 Å². The Morgan fingerprint density at radius 1 is 1.03 bits per heavy atom. The SMILES string of the molecule is CCCCOC(=O)c1ccc(NC(=O)c2cc(S(=O)(=O)N3CCCCCC3)ccc2Cl)cc1. The number of carbonyl (C=O) groups is 2. The average Bonchev–Trinajstić information content (AvgIpc) is 3.10. The third-order valence-corrected chi connectivity index (χ3v) is 7.72. The predicted octanol–water partition coefficient (Wildman–Crippen LogP) is 5.11. The van der Waals surface area contributed by atoms with Crippen molar-refractivity contribution in [1.82, 2.24) is 4.31 Å². The smallest absolute Gasteiger partial charge is 0.338 e. The average molecular weight is 493 g/mol. The molecule has 1 saturated heterocycles. The highest BCUT2D eigenvalue weighted by molar-refractivity contribution is 7.89. The van der Waals surface area contributed by atoms with Gasteiger partial charge in [0.05, 0.1) is 27.7 Å². The number of nitrogens with one attached hydrogen (secondary N) is 1. The zero-order valence-corrected chi connectivity index (χ0v) is 20.3. The van der Waals surface area contributed by atoms with E-state index in [4.69, 9.17) is 16.3 Å². The molecule has 1 N–H and O–H groups in total. The second-order valence-corrected chi connectivity index (χ2v) is 10.3. The number of rotatable bonds is 8. The highest BCUT2D eigenvalue weighted by Gasteiger charge is 2.26. The van der Waals surface area contributed by atoms with Gasteiger partial charge in [0.25, 0.3) is 5.91 Å². The Kier molecular flexibility index (Phi) is 8.88. The molecule has 1 aliphatic heterocycles. The van der Waals surface area contributed by atoms with Crippen molar-refractivity contribution in [2.75, 3.05) is 25.0 Å². The number of sulfonamides is 1. The fourth-order valence-corrected chi connectivity index (χ4v) is 5.30. The van der Waals surface area contributed by atoms with Gasteiger partial charge < -0.3 is 10.1 Å². The van der Waals surface area contributed by atoms with Gasteiger partial charge in [-0.1, -0.05) is 37.8 Å². The van der Waals surface area contributed by atoms with Crippen LogP contribution in [-0.4, -0.2) is 44.3 Å². The summed E-state index contributed by atoms with van der Waals surface area (Å²) in [6, 6.07) is 10.5. The first-order valence-corrected chi connectivity index (χ1v) is 13.0. The quantitative estimate of drug-likeness (QED) is 0.408. The van der Waals surface area contributed by atoms with Gasteiger partial charge >= 0.3 is 5.97 Å². The molecule has 1 heterocycles. The van der Waals surface area contributed by atoms with Gasteiger partial charge in [0.15, 0.2) is 0 Å². The molecule has 1 aliphatic rings. The number of unbranched alkanes of at least 4 members (excludes halogenated alkanes) is 1. The number of ether oxygens (including phenoxy) is 1. The zero-order chi connectivity index (χ0) is 23.8. The molecule has 0 atom stereocenters. The van der Waals surface area contributed by atoms with E-state index in [9.17, 15) is 18.0 Å². The van der Waals surface area contributed by atoms with Crippen LogP contribution in [0.4, 0.5) is 5.69 Å². The molecule has 0 saturated carbocycles. The van der Waals surface area contributed by atoms with Crippen LogP contribution in [0.5, 0.6) is 0 Å². The van der Waals surface area contributed by atoms with Crippen molar-refractivity contribution in [1.29, 1.82) is 0 Å². The Morgan fingerprint density at radius 3 is 2.33 bits per heavy atom. The molecule has 0 bridgehead atoms. The van der Waals surface area contributed by atoms with Gasteiger partial charge in [-0.15, -0.1) is 0 Å². The number of hydrogen-bond donors (Lipinski definition) is 1. The van der Waals surface area contributed by atoms with Gasteiger partial charge in [-0.3, -0.25) is 4.79 Å². The molecule has 178 valence electrons. The normalized spacial score (nSPS) is 15.0. The third kappa shape index (κ3) is 6.56. The monoisotopic (exact) mass is 492 g/mol. The molecule has 0 unspecified atom stereocenters. The van der Waals surface area contributed by atoms with Crippen LogP contribution in [0.3, 0.4) is 0 Å². The molecular weight excluding hydrogens is 464 g/mol. The minimum Gasteiger partial charge on any atom is -0.462 e. The van der Waals surface area contributed by atoms with E-state index in [1.54, 1.807) is 24.3 Å². The Hall–Kier alpha value is -2.42. The summed E-state index contributed by atoms with van der Waals surface area (Å²) >= 11 is 6.22. The molecule has 1 fully saturated rings. The maximum absolute atomic E-state index is 13.1. The van der Waals surface area contributed by atoms with Crippen molar-refractivity contribution >= 4 is 39.2 Å². The standard InChI is InChI=1S/C24H29ClN2O5S/c1-2-3-16-32-24(29)18-8-10-19(11-9-18)26-23(28)21-17-20(12-13-22(21)25)33(30,31)27-14-6-4-5-7-15-27/h8-13,17H,2-7,14-16H2,1H3,(H,26,28). The number of benzene rings is 2. The number of carbonyl (C=O) groups excluding carboxylic acids is 2. The first-order valence-electron chi connectivity index (χ1n) is 11.2. The fourth-order valence-electron chi connectivity index (χ4n) is 3.55. The van der Waals surface area contributed by atoms with E-state index in [1.807, 2.05) is 6.92 Å². The van der Waals surface area contributed by atoms with Crippen LogP contribution < -0.4 is 5.32 Å². The predicted molar refractivity (Wildman–Crippen MR) is 128 cm³/mol. The first-order chi connectivity index (χ1) is 15.8. The van der Waals surface area contributed by atoms with Crippen molar-refractivity contribution < 1.29 is 22.7 Å². The van der Waals surface area contributed by atoms with Crippen molar-refractivity contribution in [3.05, 3.63) is 58.6 Å². The first kappa shape index (κ1) is 25.2. The number of hydrogen-bond acceptors (Lipinski definition) is 5. The van der Waals surface area contributed by atoms with E-state index in [0.29, 0.717) is 30.9 Å². The molecule has 2 aromatic carbocycles. The Bertz CT molecular complexity index is 1080. The van der Waals surface area contributed by atoms with Crippen molar-refractivity contribution in [2.24, 2.45) is 0 Å². The van der Waals surface area contributed by atoms with Crippen LogP contribution >= 0.6 is 11.6 Å². The topological polar surface area (TPSA) is 92.8 Å². The Balaban J connectivity index is 1.73. The highest BCUT2D eigenvalue weighted by Crippen LogP contribution is 2.26. The lowest BCUT2D eigenvalue weighted by molar-refractivity contribution is 0.0499. The number of nitrogens with zero attached hydrogens (tertiary/aromatic N) is 1. The number of esters is 1. The largest absolute Gasteiger partial charge is 0.462 e. The summed E-state index contributed by atoms with van der Waals surface area (Å²) in [6.45, 7) is 3.32. The summed E-state index contributed by atoms with van der Waals surface area (Å²) in [7, 11) is -3.71. The summed E-state index contributed by atoms with van der Waals surface area (Å²) in [4.78, 5) is 24.9.